The predicted octanol–water partition coefficient (Wildman–Crippen LogP) is -3.51. The maximum absolute atomic E-state index is 11.0. The number of carbonyl (C=O) groups is 1. The minimum absolute atomic E-state index is 0.0783. The molecule has 0 fully saturated rings. The van der Waals surface area contributed by atoms with Gasteiger partial charge in [-0.3, -0.25) is 9.78 Å². The summed E-state index contributed by atoms with van der Waals surface area (Å²) in [5.41, 5.74) is 5.65. The van der Waals surface area contributed by atoms with Crippen molar-refractivity contribution in [2.75, 3.05) is 12.3 Å². The molecule has 11 heteroatoms. The highest BCUT2D eigenvalue weighted by molar-refractivity contribution is 5.69. The zero-order valence-electron chi connectivity index (χ0n) is 10.7. The SMILES string of the molecule is Nc1nc2nc[nH]c2c(=O)[nH]1.O=C[C@H](O)[C@H](O)[C@H](O)CO. The van der Waals surface area contributed by atoms with Gasteiger partial charge in [-0.25, -0.2) is 4.98 Å². The number of aromatic nitrogens is 4. The number of H-pyrrole nitrogens is 2. The number of nitrogens with one attached hydrogen (secondary N) is 2. The molecule has 0 unspecified atom stereocenters. The van der Waals surface area contributed by atoms with E-state index in [1.165, 1.54) is 6.33 Å². The molecule has 0 aliphatic rings. The molecule has 2 aromatic heterocycles. The Balaban J connectivity index is 0.000000212. The maximum atomic E-state index is 11.0. The lowest BCUT2D eigenvalue weighted by molar-refractivity contribution is -0.127. The van der Waals surface area contributed by atoms with Crippen LogP contribution in [0.25, 0.3) is 11.2 Å². The first-order valence-electron chi connectivity index (χ1n) is 5.70. The largest absolute Gasteiger partial charge is 0.394 e. The van der Waals surface area contributed by atoms with Crippen molar-refractivity contribution in [3.05, 3.63) is 16.7 Å². The zero-order chi connectivity index (χ0) is 16.0. The van der Waals surface area contributed by atoms with E-state index in [9.17, 15) is 9.59 Å². The van der Waals surface area contributed by atoms with Crippen molar-refractivity contribution in [3.63, 3.8) is 0 Å². The highest BCUT2D eigenvalue weighted by Gasteiger charge is 2.22. The van der Waals surface area contributed by atoms with Crippen LogP contribution in [0, 0.1) is 0 Å². The molecule has 11 nitrogen and oxygen atoms in total. The van der Waals surface area contributed by atoms with Crippen LogP contribution in [0.1, 0.15) is 0 Å². The van der Waals surface area contributed by atoms with Crippen LogP contribution in [0.3, 0.4) is 0 Å². The molecular weight excluding hydrogens is 286 g/mol. The lowest BCUT2D eigenvalue weighted by atomic mass is 10.1. The summed E-state index contributed by atoms with van der Waals surface area (Å²) in [6.45, 7) is -0.688. The predicted molar refractivity (Wildman–Crippen MR) is 70.1 cm³/mol. The molecule has 2 heterocycles. The highest BCUT2D eigenvalue weighted by atomic mass is 16.4. The van der Waals surface area contributed by atoms with Gasteiger partial charge in [0.1, 0.15) is 18.3 Å². The van der Waals surface area contributed by atoms with Crippen molar-refractivity contribution in [2.45, 2.75) is 18.3 Å². The molecule has 0 saturated heterocycles. The van der Waals surface area contributed by atoms with E-state index in [-0.39, 0.29) is 17.8 Å². The van der Waals surface area contributed by atoms with Crippen molar-refractivity contribution in [1.29, 1.82) is 0 Å². The monoisotopic (exact) mass is 301 g/mol. The molecule has 116 valence electrons. The average molecular weight is 301 g/mol. The van der Waals surface area contributed by atoms with Gasteiger partial charge in [-0.15, -0.1) is 0 Å². The Morgan fingerprint density at radius 3 is 2.62 bits per heavy atom. The van der Waals surface area contributed by atoms with Gasteiger partial charge in [-0.1, -0.05) is 0 Å². The number of imidazole rings is 1. The van der Waals surface area contributed by atoms with Crippen LogP contribution in [0.15, 0.2) is 11.1 Å². The summed E-state index contributed by atoms with van der Waals surface area (Å²) in [6.07, 6.45) is -3.24. The molecule has 8 N–H and O–H groups in total. The van der Waals surface area contributed by atoms with Crippen molar-refractivity contribution in [2.24, 2.45) is 0 Å². The third-order valence-corrected chi connectivity index (χ3v) is 2.38. The number of hydrogen-bond acceptors (Lipinski definition) is 9. The van der Waals surface area contributed by atoms with E-state index < -0.39 is 24.9 Å². The number of anilines is 1. The number of nitrogens with zero attached hydrogens (tertiary/aromatic N) is 2. The Kier molecular flexibility index (Phi) is 5.92. The quantitative estimate of drug-likeness (QED) is 0.280. The first-order chi connectivity index (χ1) is 9.90. The minimum atomic E-state index is -1.64. The fraction of sp³-hybridized carbons (Fsp3) is 0.400. The summed E-state index contributed by atoms with van der Waals surface area (Å²) >= 11 is 0. The number of nitrogens with two attached hydrogens (primary N) is 1. The number of carbonyl (C=O) groups excluding carboxylic acids is 1. The summed E-state index contributed by atoms with van der Waals surface area (Å²) in [6, 6.07) is 0. The number of aliphatic hydroxyl groups is 4. The molecule has 0 saturated carbocycles. The van der Waals surface area contributed by atoms with Crippen LogP contribution in [0.4, 0.5) is 5.95 Å². The fourth-order valence-electron chi connectivity index (χ4n) is 1.28. The van der Waals surface area contributed by atoms with E-state index in [1.54, 1.807) is 0 Å². The van der Waals surface area contributed by atoms with Crippen LogP contribution in [-0.2, 0) is 4.79 Å². The van der Waals surface area contributed by atoms with Crippen molar-refractivity contribution in [3.8, 4) is 0 Å². The van der Waals surface area contributed by atoms with E-state index in [1.807, 2.05) is 0 Å². The van der Waals surface area contributed by atoms with Gasteiger partial charge in [0, 0.05) is 0 Å². The van der Waals surface area contributed by atoms with Crippen LogP contribution < -0.4 is 11.3 Å². The number of aromatic amines is 2. The summed E-state index contributed by atoms with van der Waals surface area (Å²) in [4.78, 5) is 33.3. The number of hydrogen-bond donors (Lipinski definition) is 7. The molecule has 0 aromatic carbocycles. The minimum Gasteiger partial charge on any atom is -0.394 e. The highest BCUT2D eigenvalue weighted by Crippen LogP contribution is 1.98. The topological polar surface area (TPSA) is 198 Å². The van der Waals surface area contributed by atoms with Crippen molar-refractivity contribution in [1.82, 2.24) is 19.9 Å². The Morgan fingerprint density at radius 1 is 1.38 bits per heavy atom. The second-order valence-corrected chi connectivity index (χ2v) is 3.92. The maximum Gasteiger partial charge on any atom is 0.278 e. The van der Waals surface area contributed by atoms with E-state index in [0.29, 0.717) is 11.2 Å². The van der Waals surface area contributed by atoms with Gasteiger partial charge in [0.2, 0.25) is 5.95 Å². The third kappa shape index (κ3) is 4.32. The molecule has 0 amide bonds. The summed E-state index contributed by atoms with van der Waals surface area (Å²) < 4.78 is 0. The first-order valence-corrected chi connectivity index (χ1v) is 5.70. The summed E-state index contributed by atoms with van der Waals surface area (Å²) in [7, 11) is 0. The molecule has 2 aromatic rings. The van der Waals surface area contributed by atoms with Gasteiger partial charge in [-0.2, -0.15) is 4.98 Å². The zero-order valence-corrected chi connectivity index (χ0v) is 10.7. The molecule has 0 radical (unpaired) electrons. The van der Waals surface area contributed by atoms with Crippen LogP contribution in [-0.4, -0.2) is 71.6 Å². The Bertz CT molecular complexity index is 640. The molecule has 0 aliphatic carbocycles. The number of nitrogen functional groups attached to an aromatic ring is 1. The van der Waals surface area contributed by atoms with Gasteiger partial charge < -0.3 is 35.9 Å². The molecule has 0 aliphatic heterocycles. The number of fused-ring (bicyclic) bond motifs is 1. The standard InChI is InChI=1S/C5H5N5O.C5H10O5/c6-5-9-3-2(4(11)10-5)7-1-8-3;6-1-3(8)5(10)4(9)2-7/h1H,(H4,6,7,8,9,10,11);1,3-5,7-10H,2H2/t;3-,4+,5-/m.0/s1. The van der Waals surface area contributed by atoms with E-state index in [2.05, 4.69) is 19.9 Å². The first kappa shape index (κ1) is 16.7. The lowest BCUT2D eigenvalue weighted by Crippen LogP contribution is -2.40. The van der Waals surface area contributed by atoms with Crippen molar-refractivity contribution < 1.29 is 25.2 Å². The average Bonchev–Trinajstić information content (AvgIpc) is 2.94. The number of aliphatic hydroxyl groups excluding tert-OH is 4. The molecule has 0 spiro atoms. The van der Waals surface area contributed by atoms with Crippen molar-refractivity contribution >= 4 is 23.4 Å². The molecular formula is C10H15N5O6. The van der Waals surface area contributed by atoms with E-state index in [4.69, 9.17) is 26.2 Å². The Labute approximate surface area is 117 Å². The third-order valence-electron chi connectivity index (χ3n) is 2.38. The van der Waals surface area contributed by atoms with Gasteiger partial charge in [0.15, 0.2) is 17.5 Å². The summed E-state index contributed by atoms with van der Waals surface area (Å²) in [5.74, 6) is 0.0783. The Hall–Kier alpha value is -2.34. The lowest BCUT2D eigenvalue weighted by Gasteiger charge is -2.16. The Morgan fingerprint density at radius 2 is 2.05 bits per heavy atom. The molecule has 3 atom stereocenters. The second kappa shape index (κ2) is 7.44. The van der Waals surface area contributed by atoms with Gasteiger partial charge >= 0.3 is 0 Å². The summed E-state index contributed by atoms with van der Waals surface area (Å²) in [5, 5.41) is 34.1. The van der Waals surface area contributed by atoms with Gasteiger partial charge in [0.05, 0.1) is 12.9 Å². The molecule has 2 rings (SSSR count). The van der Waals surface area contributed by atoms with Crippen LogP contribution in [0.2, 0.25) is 0 Å². The number of rotatable bonds is 4. The van der Waals surface area contributed by atoms with Crippen LogP contribution >= 0.6 is 0 Å². The second-order valence-electron chi connectivity index (χ2n) is 3.92. The fourth-order valence-corrected chi connectivity index (χ4v) is 1.28. The van der Waals surface area contributed by atoms with Gasteiger partial charge in [-0.05, 0) is 0 Å². The smallest absolute Gasteiger partial charge is 0.278 e. The number of aldehydes is 1. The molecule has 21 heavy (non-hydrogen) atoms. The van der Waals surface area contributed by atoms with Gasteiger partial charge in [0.25, 0.3) is 5.56 Å². The molecule has 0 bridgehead atoms. The van der Waals surface area contributed by atoms with Crippen LogP contribution in [0.5, 0.6) is 0 Å². The normalized spacial score (nSPS) is 14.9. The van der Waals surface area contributed by atoms with E-state index >= 15 is 0 Å². The van der Waals surface area contributed by atoms with E-state index in [0.717, 1.165) is 0 Å².